The van der Waals surface area contributed by atoms with Gasteiger partial charge in [0.15, 0.2) is 0 Å². The van der Waals surface area contributed by atoms with Crippen molar-refractivity contribution >= 4 is 0 Å². The SMILES string of the molecule is FC(F)(F)CCOCc1ccoc1CNC1CC1. The molecule has 1 N–H and O–H groups in total. The van der Waals surface area contributed by atoms with Gasteiger partial charge in [0.1, 0.15) is 5.76 Å². The maximum absolute atomic E-state index is 11.9. The minimum atomic E-state index is -4.16. The summed E-state index contributed by atoms with van der Waals surface area (Å²) in [5.41, 5.74) is 0.810. The first-order valence-corrected chi connectivity index (χ1v) is 5.98. The van der Waals surface area contributed by atoms with Crippen LogP contribution < -0.4 is 5.32 Å². The molecule has 3 nitrogen and oxygen atoms in total. The molecule has 1 aromatic rings. The quantitative estimate of drug-likeness (QED) is 0.768. The summed E-state index contributed by atoms with van der Waals surface area (Å²) in [6.07, 6.45) is -1.18. The van der Waals surface area contributed by atoms with Gasteiger partial charge in [-0.1, -0.05) is 0 Å². The highest BCUT2D eigenvalue weighted by molar-refractivity contribution is 5.16. The van der Waals surface area contributed by atoms with Crippen LogP contribution >= 0.6 is 0 Å². The normalized spacial score (nSPS) is 16.2. The molecule has 0 amide bonds. The lowest BCUT2D eigenvalue weighted by Crippen LogP contribution is -2.16. The first kappa shape index (κ1) is 13.4. The van der Waals surface area contributed by atoms with Crippen molar-refractivity contribution in [3.63, 3.8) is 0 Å². The van der Waals surface area contributed by atoms with Crippen molar-refractivity contribution in [1.29, 1.82) is 0 Å². The third kappa shape index (κ3) is 4.70. The van der Waals surface area contributed by atoms with Crippen molar-refractivity contribution in [2.45, 2.75) is 44.6 Å². The summed E-state index contributed by atoms with van der Waals surface area (Å²) in [6.45, 7) is 0.452. The average Bonchev–Trinajstić information content (AvgIpc) is 3.01. The Morgan fingerprint density at radius 2 is 2.17 bits per heavy atom. The number of rotatable bonds is 7. The number of hydrogen-bond acceptors (Lipinski definition) is 3. The molecule has 0 unspecified atom stereocenters. The van der Waals surface area contributed by atoms with Crippen LogP contribution in [0.4, 0.5) is 13.2 Å². The summed E-state index contributed by atoms with van der Waals surface area (Å²) in [5, 5.41) is 3.28. The number of nitrogens with one attached hydrogen (secondary N) is 1. The summed E-state index contributed by atoms with van der Waals surface area (Å²) in [6, 6.07) is 2.30. The maximum Gasteiger partial charge on any atom is 0.391 e. The highest BCUT2D eigenvalue weighted by Crippen LogP contribution is 2.21. The number of alkyl halides is 3. The fourth-order valence-corrected chi connectivity index (χ4v) is 1.55. The zero-order valence-electron chi connectivity index (χ0n) is 9.93. The molecular formula is C12H16F3NO2. The Kier molecular flexibility index (Phi) is 4.29. The molecule has 0 aromatic carbocycles. The molecule has 2 rings (SSSR count). The van der Waals surface area contributed by atoms with E-state index >= 15 is 0 Å². The minimum Gasteiger partial charge on any atom is -0.468 e. The van der Waals surface area contributed by atoms with Crippen molar-refractivity contribution < 1.29 is 22.3 Å². The third-order valence-electron chi connectivity index (χ3n) is 2.75. The van der Waals surface area contributed by atoms with E-state index in [1.54, 1.807) is 6.07 Å². The molecule has 1 heterocycles. The van der Waals surface area contributed by atoms with Crippen LogP contribution in [0, 0.1) is 0 Å². The Bertz CT molecular complexity index is 372. The molecule has 1 aromatic heterocycles. The Balaban J connectivity index is 1.69. The number of ether oxygens (including phenoxy) is 1. The molecule has 0 radical (unpaired) electrons. The molecule has 1 aliphatic rings. The van der Waals surface area contributed by atoms with E-state index in [9.17, 15) is 13.2 Å². The molecular weight excluding hydrogens is 247 g/mol. The van der Waals surface area contributed by atoms with E-state index in [4.69, 9.17) is 9.15 Å². The maximum atomic E-state index is 11.9. The summed E-state index contributed by atoms with van der Waals surface area (Å²) in [7, 11) is 0. The van der Waals surface area contributed by atoms with Gasteiger partial charge in [0, 0.05) is 11.6 Å². The second kappa shape index (κ2) is 5.75. The monoisotopic (exact) mass is 263 g/mol. The van der Waals surface area contributed by atoms with Gasteiger partial charge < -0.3 is 14.5 Å². The summed E-state index contributed by atoms with van der Waals surface area (Å²) in [5.74, 6) is 0.744. The van der Waals surface area contributed by atoms with E-state index in [1.165, 1.54) is 19.1 Å². The van der Waals surface area contributed by atoms with Crippen LogP contribution in [0.15, 0.2) is 16.7 Å². The zero-order valence-corrected chi connectivity index (χ0v) is 9.93. The smallest absolute Gasteiger partial charge is 0.391 e. The average molecular weight is 263 g/mol. The van der Waals surface area contributed by atoms with Gasteiger partial charge >= 0.3 is 6.18 Å². The summed E-state index contributed by atoms with van der Waals surface area (Å²) in [4.78, 5) is 0. The number of furan rings is 1. The van der Waals surface area contributed by atoms with Crippen LogP contribution in [-0.4, -0.2) is 18.8 Å². The molecule has 6 heteroatoms. The first-order valence-electron chi connectivity index (χ1n) is 5.98. The second-order valence-electron chi connectivity index (χ2n) is 4.44. The van der Waals surface area contributed by atoms with E-state index in [0.717, 1.165) is 11.3 Å². The molecule has 1 aliphatic carbocycles. The topological polar surface area (TPSA) is 34.4 Å². The molecule has 0 saturated heterocycles. The lowest BCUT2D eigenvalue weighted by molar-refractivity contribution is -0.146. The predicted octanol–water partition coefficient (Wildman–Crippen LogP) is 3.00. The predicted molar refractivity (Wildman–Crippen MR) is 58.9 cm³/mol. The Labute approximate surface area is 103 Å². The van der Waals surface area contributed by atoms with Crippen LogP contribution in [0.2, 0.25) is 0 Å². The van der Waals surface area contributed by atoms with Crippen LogP contribution in [0.25, 0.3) is 0 Å². The minimum absolute atomic E-state index is 0.161. The van der Waals surface area contributed by atoms with Gasteiger partial charge in [-0.2, -0.15) is 13.2 Å². The largest absolute Gasteiger partial charge is 0.468 e. The molecule has 0 bridgehead atoms. The van der Waals surface area contributed by atoms with Gasteiger partial charge in [-0.05, 0) is 18.9 Å². The van der Waals surface area contributed by atoms with E-state index in [1.807, 2.05) is 0 Å². The highest BCUT2D eigenvalue weighted by Gasteiger charge is 2.26. The van der Waals surface area contributed by atoms with E-state index in [2.05, 4.69) is 5.32 Å². The van der Waals surface area contributed by atoms with Crippen LogP contribution in [-0.2, 0) is 17.9 Å². The molecule has 0 aliphatic heterocycles. The molecule has 18 heavy (non-hydrogen) atoms. The standard InChI is InChI=1S/C12H16F3NO2/c13-12(14,15)4-6-17-8-9-3-5-18-11(9)7-16-10-1-2-10/h3,5,10,16H,1-2,4,6-8H2. The van der Waals surface area contributed by atoms with Crippen LogP contribution in [0.1, 0.15) is 30.6 Å². The van der Waals surface area contributed by atoms with Gasteiger partial charge in [-0.15, -0.1) is 0 Å². The second-order valence-corrected chi connectivity index (χ2v) is 4.44. The molecule has 1 saturated carbocycles. The third-order valence-corrected chi connectivity index (χ3v) is 2.75. The Morgan fingerprint density at radius 1 is 1.39 bits per heavy atom. The summed E-state index contributed by atoms with van der Waals surface area (Å²) >= 11 is 0. The van der Waals surface area contributed by atoms with Gasteiger partial charge in [0.2, 0.25) is 0 Å². The molecule has 1 fully saturated rings. The Morgan fingerprint density at radius 3 is 2.83 bits per heavy atom. The molecule has 0 atom stereocenters. The van der Waals surface area contributed by atoms with E-state index < -0.39 is 12.6 Å². The number of hydrogen-bond donors (Lipinski definition) is 1. The highest BCUT2D eigenvalue weighted by atomic mass is 19.4. The number of halogens is 3. The fraction of sp³-hybridized carbons (Fsp3) is 0.667. The van der Waals surface area contributed by atoms with Crippen LogP contribution in [0.5, 0.6) is 0 Å². The van der Waals surface area contributed by atoms with Crippen molar-refractivity contribution in [2.75, 3.05) is 6.61 Å². The van der Waals surface area contributed by atoms with Gasteiger partial charge in [0.25, 0.3) is 0 Å². The summed E-state index contributed by atoms with van der Waals surface area (Å²) < 4.78 is 46.0. The van der Waals surface area contributed by atoms with Gasteiger partial charge in [-0.25, -0.2) is 0 Å². The van der Waals surface area contributed by atoms with Crippen molar-refractivity contribution in [1.82, 2.24) is 5.32 Å². The van der Waals surface area contributed by atoms with E-state index in [-0.39, 0.29) is 13.2 Å². The molecule has 0 spiro atoms. The lowest BCUT2D eigenvalue weighted by Gasteiger charge is -2.07. The fourth-order valence-electron chi connectivity index (χ4n) is 1.55. The van der Waals surface area contributed by atoms with Gasteiger partial charge in [0.05, 0.1) is 32.4 Å². The lowest BCUT2D eigenvalue weighted by atomic mass is 10.2. The van der Waals surface area contributed by atoms with Crippen molar-refractivity contribution in [2.24, 2.45) is 0 Å². The van der Waals surface area contributed by atoms with Gasteiger partial charge in [-0.3, -0.25) is 0 Å². The van der Waals surface area contributed by atoms with Crippen molar-refractivity contribution in [3.8, 4) is 0 Å². The van der Waals surface area contributed by atoms with Crippen LogP contribution in [0.3, 0.4) is 0 Å². The Hall–Kier alpha value is -1.01. The zero-order chi connectivity index (χ0) is 13.0. The van der Waals surface area contributed by atoms with Crippen molar-refractivity contribution in [3.05, 3.63) is 23.7 Å². The molecule has 102 valence electrons. The first-order chi connectivity index (χ1) is 8.54. The van der Waals surface area contributed by atoms with E-state index in [0.29, 0.717) is 12.6 Å².